The molecule has 2 aromatic heterocycles. The van der Waals surface area contributed by atoms with Gasteiger partial charge in [0.1, 0.15) is 6.33 Å². The zero-order chi connectivity index (χ0) is 13.2. The van der Waals surface area contributed by atoms with E-state index < -0.39 is 0 Å². The molecule has 2 heterocycles. The molecule has 0 radical (unpaired) electrons. The van der Waals surface area contributed by atoms with E-state index in [1.54, 1.807) is 13.4 Å². The molecular formula is C15H13N3O. The van der Waals surface area contributed by atoms with Gasteiger partial charge in [-0.15, -0.1) is 0 Å². The number of fused-ring (bicyclic) bond motifs is 1. The summed E-state index contributed by atoms with van der Waals surface area (Å²) < 4.78 is 5.07. The van der Waals surface area contributed by atoms with Gasteiger partial charge in [0, 0.05) is 29.4 Å². The molecule has 1 aromatic carbocycles. The van der Waals surface area contributed by atoms with Gasteiger partial charge in [-0.2, -0.15) is 0 Å². The molecule has 0 aliphatic carbocycles. The molecule has 0 bridgehead atoms. The lowest BCUT2D eigenvalue weighted by atomic mass is 10.0. The number of hydrogen-bond acceptors (Lipinski definition) is 4. The van der Waals surface area contributed by atoms with E-state index in [2.05, 4.69) is 34.0 Å². The largest absolute Gasteiger partial charge is 0.481 e. The molecule has 0 spiro atoms. The van der Waals surface area contributed by atoms with Gasteiger partial charge in [0.2, 0.25) is 5.88 Å². The monoisotopic (exact) mass is 251 g/mol. The molecule has 0 N–H and O–H groups in total. The van der Waals surface area contributed by atoms with Crippen LogP contribution in [0, 0.1) is 6.92 Å². The number of pyridine rings is 1. The Balaban J connectivity index is 2.14. The van der Waals surface area contributed by atoms with Crippen LogP contribution in [0.15, 0.2) is 43.0 Å². The molecule has 0 fully saturated rings. The minimum Gasteiger partial charge on any atom is -0.481 e. The summed E-state index contributed by atoms with van der Waals surface area (Å²) in [5.41, 5.74) is 4.27. The number of aromatic nitrogens is 3. The van der Waals surface area contributed by atoms with Gasteiger partial charge in [-0.1, -0.05) is 0 Å². The van der Waals surface area contributed by atoms with E-state index in [9.17, 15) is 0 Å². The van der Waals surface area contributed by atoms with E-state index in [1.165, 1.54) is 0 Å². The molecule has 94 valence electrons. The Hall–Kier alpha value is -2.49. The van der Waals surface area contributed by atoms with Crippen molar-refractivity contribution in [1.29, 1.82) is 0 Å². The van der Waals surface area contributed by atoms with Crippen LogP contribution in [-0.4, -0.2) is 22.1 Å². The second-order valence-electron chi connectivity index (χ2n) is 4.34. The third-order valence-corrected chi connectivity index (χ3v) is 3.08. The SMILES string of the molecule is COc1ccc(-c2cc(C)c3ncncc3c2)cn1. The van der Waals surface area contributed by atoms with E-state index in [0.717, 1.165) is 27.6 Å². The highest BCUT2D eigenvalue weighted by Crippen LogP contribution is 2.26. The van der Waals surface area contributed by atoms with Gasteiger partial charge in [0.25, 0.3) is 0 Å². The van der Waals surface area contributed by atoms with Gasteiger partial charge in [0.15, 0.2) is 0 Å². The van der Waals surface area contributed by atoms with Crippen LogP contribution in [0.4, 0.5) is 0 Å². The lowest BCUT2D eigenvalue weighted by Gasteiger charge is -2.07. The molecule has 4 nitrogen and oxygen atoms in total. The van der Waals surface area contributed by atoms with E-state index >= 15 is 0 Å². The van der Waals surface area contributed by atoms with Crippen molar-refractivity contribution >= 4 is 10.9 Å². The molecule has 0 aliphatic rings. The molecule has 0 saturated carbocycles. The summed E-state index contributed by atoms with van der Waals surface area (Å²) >= 11 is 0. The smallest absolute Gasteiger partial charge is 0.212 e. The maximum atomic E-state index is 5.07. The molecule has 0 saturated heterocycles. The van der Waals surface area contributed by atoms with Crippen LogP contribution in [0.5, 0.6) is 5.88 Å². The van der Waals surface area contributed by atoms with Crippen molar-refractivity contribution in [3.8, 4) is 17.0 Å². The summed E-state index contributed by atoms with van der Waals surface area (Å²) in [7, 11) is 1.61. The molecule has 4 heteroatoms. The third-order valence-electron chi connectivity index (χ3n) is 3.08. The van der Waals surface area contributed by atoms with Gasteiger partial charge >= 0.3 is 0 Å². The molecular weight excluding hydrogens is 238 g/mol. The number of rotatable bonds is 2. The molecule has 0 amide bonds. The number of hydrogen-bond donors (Lipinski definition) is 0. The molecule has 3 aromatic rings. The molecule has 0 aliphatic heterocycles. The summed E-state index contributed by atoms with van der Waals surface area (Å²) in [4.78, 5) is 12.6. The standard InChI is InChI=1S/C15H13N3O/c1-10-5-12(6-13-7-16-9-18-15(10)13)11-3-4-14(19-2)17-8-11/h3-9H,1-2H3. The maximum absolute atomic E-state index is 5.07. The first-order valence-corrected chi connectivity index (χ1v) is 5.99. The van der Waals surface area contributed by atoms with Gasteiger partial charge in [-0.3, -0.25) is 0 Å². The Kier molecular flexibility index (Phi) is 2.83. The fourth-order valence-electron chi connectivity index (χ4n) is 2.12. The predicted molar refractivity (Wildman–Crippen MR) is 74.1 cm³/mol. The highest BCUT2D eigenvalue weighted by molar-refractivity contribution is 5.86. The number of ether oxygens (including phenoxy) is 1. The van der Waals surface area contributed by atoms with Crippen LogP contribution in [-0.2, 0) is 0 Å². The zero-order valence-corrected chi connectivity index (χ0v) is 10.8. The molecule has 0 atom stereocenters. The van der Waals surface area contributed by atoms with E-state index in [4.69, 9.17) is 4.74 Å². The summed E-state index contributed by atoms with van der Waals surface area (Å²) in [5, 5.41) is 1.04. The van der Waals surface area contributed by atoms with Crippen molar-refractivity contribution in [2.45, 2.75) is 6.92 Å². The average molecular weight is 251 g/mol. The first-order valence-electron chi connectivity index (χ1n) is 5.99. The maximum Gasteiger partial charge on any atom is 0.212 e. The van der Waals surface area contributed by atoms with Gasteiger partial charge in [-0.05, 0) is 36.2 Å². The predicted octanol–water partition coefficient (Wildman–Crippen LogP) is 3.01. The zero-order valence-electron chi connectivity index (χ0n) is 10.8. The molecule has 3 rings (SSSR count). The Bertz CT molecular complexity index is 723. The van der Waals surface area contributed by atoms with Gasteiger partial charge in [0.05, 0.1) is 12.6 Å². The summed E-state index contributed by atoms with van der Waals surface area (Å²) in [5.74, 6) is 0.615. The minimum absolute atomic E-state index is 0.615. The van der Waals surface area contributed by atoms with Gasteiger partial charge < -0.3 is 4.74 Å². The van der Waals surface area contributed by atoms with Gasteiger partial charge in [-0.25, -0.2) is 15.0 Å². The van der Waals surface area contributed by atoms with E-state index in [0.29, 0.717) is 5.88 Å². The minimum atomic E-state index is 0.615. The summed E-state index contributed by atoms with van der Waals surface area (Å²) in [6, 6.07) is 8.04. The number of benzene rings is 1. The quantitative estimate of drug-likeness (QED) is 0.702. The van der Waals surface area contributed by atoms with Crippen LogP contribution in [0.25, 0.3) is 22.0 Å². The average Bonchev–Trinajstić information content (AvgIpc) is 2.47. The van der Waals surface area contributed by atoms with E-state index in [-0.39, 0.29) is 0 Å². The Labute approximate surface area is 111 Å². The Morgan fingerprint density at radius 2 is 1.89 bits per heavy atom. The first-order chi connectivity index (χ1) is 9.28. The fourth-order valence-corrected chi connectivity index (χ4v) is 2.12. The lowest BCUT2D eigenvalue weighted by molar-refractivity contribution is 0.398. The summed E-state index contributed by atoms with van der Waals surface area (Å²) in [6.45, 7) is 2.05. The van der Waals surface area contributed by atoms with Crippen molar-refractivity contribution in [3.63, 3.8) is 0 Å². The third kappa shape index (κ3) is 2.12. The molecule has 19 heavy (non-hydrogen) atoms. The van der Waals surface area contributed by atoms with Crippen molar-refractivity contribution < 1.29 is 4.74 Å². The van der Waals surface area contributed by atoms with Crippen LogP contribution in [0.1, 0.15) is 5.56 Å². The van der Waals surface area contributed by atoms with Crippen molar-refractivity contribution in [2.24, 2.45) is 0 Å². The Morgan fingerprint density at radius 3 is 2.63 bits per heavy atom. The fraction of sp³-hybridized carbons (Fsp3) is 0.133. The lowest BCUT2D eigenvalue weighted by Crippen LogP contribution is -1.89. The topological polar surface area (TPSA) is 47.9 Å². The highest BCUT2D eigenvalue weighted by Gasteiger charge is 2.05. The van der Waals surface area contributed by atoms with Crippen LogP contribution in [0.3, 0.4) is 0 Å². The number of nitrogens with zero attached hydrogens (tertiary/aromatic N) is 3. The highest BCUT2D eigenvalue weighted by atomic mass is 16.5. The first kappa shape index (κ1) is 11.6. The van der Waals surface area contributed by atoms with Crippen molar-refractivity contribution in [1.82, 2.24) is 15.0 Å². The second-order valence-corrected chi connectivity index (χ2v) is 4.34. The number of methoxy groups -OCH3 is 1. The van der Waals surface area contributed by atoms with Crippen molar-refractivity contribution in [2.75, 3.05) is 7.11 Å². The normalized spacial score (nSPS) is 10.6. The van der Waals surface area contributed by atoms with Crippen LogP contribution < -0.4 is 4.74 Å². The van der Waals surface area contributed by atoms with Crippen LogP contribution in [0.2, 0.25) is 0 Å². The number of aryl methyl sites for hydroxylation is 1. The van der Waals surface area contributed by atoms with E-state index in [1.807, 2.05) is 24.5 Å². The van der Waals surface area contributed by atoms with Crippen LogP contribution >= 0.6 is 0 Å². The second kappa shape index (κ2) is 4.65. The summed E-state index contributed by atoms with van der Waals surface area (Å²) in [6.07, 6.45) is 5.21. The Morgan fingerprint density at radius 1 is 1.00 bits per heavy atom. The molecule has 0 unspecified atom stereocenters. The van der Waals surface area contributed by atoms with Crippen molar-refractivity contribution in [3.05, 3.63) is 48.5 Å².